The van der Waals surface area contributed by atoms with Crippen LogP contribution >= 0.6 is 0 Å². The molecule has 4 heteroatoms. The molecule has 19 heavy (non-hydrogen) atoms. The van der Waals surface area contributed by atoms with Crippen molar-refractivity contribution in [3.63, 3.8) is 0 Å². The Hall–Kier alpha value is -1.97. The highest BCUT2D eigenvalue weighted by atomic mass is 16.5. The van der Waals surface area contributed by atoms with Crippen molar-refractivity contribution >= 4 is 12.0 Å². The Bertz CT molecular complexity index is 451. The molecule has 0 fully saturated rings. The highest BCUT2D eigenvalue weighted by Gasteiger charge is 2.06. The fourth-order valence-electron chi connectivity index (χ4n) is 1.43. The molecule has 1 rings (SSSR count). The molecular formula is C15H20O4. The Labute approximate surface area is 113 Å². The number of benzene rings is 1. The van der Waals surface area contributed by atoms with Crippen molar-refractivity contribution in [3.05, 3.63) is 29.8 Å². The average molecular weight is 264 g/mol. The Morgan fingerprint density at radius 1 is 1.47 bits per heavy atom. The van der Waals surface area contributed by atoms with E-state index in [0.29, 0.717) is 29.6 Å². The summed E-state index contributed by atoms with van der Waals surface area (Å²) >= 11 is 0. The van der Waals surface area contributed by atoms with E-state index < -0.39 is 5.97 Å². The first-order valence-electron chi connectivity index (χ1n) is 6.28. The van der Waals surface area contributed by atoms with Gasteiger partial charge >= 0.3 is 5.97 Å². The third kappa shape index (κ3) is 5.04. The summed E-state index contributed by atoms with van der Waals surface area (Å²) in [5.74, 6) is 0.800. The summed E-state index contributed by atoms with van der Waals surface area (Å²) in [6.07, 6.45) is 3.64. The molecular weight excluding hydrogens is 244 g/mol. The number of ether oxygens (including phenoxy) is 2. The van der Waals surface area contributed by atoms with Crippen LogP contribution in [0.3, 0.4) is 0 Å². The third-order valence-corrected chi connectivity index (χ3v) is 2.84. The average Bonchev–Trinajstić information content (AvgIpc) is 2.42. The number of rotatable bonds is 7. The molecule has 0 radical (unpaired) electrons. The molecule has 1 aromatic rings. The second-order valence-corrected chi connectivity index (χ2v) is 4.40. The zero-order valence-corrected chi connectivity index (χ0v) is 11.6. The predicted molar refractivity (Wildman–Crippen MR) is 74.6 cm³/mol. The Morgan fingerprint density at radius 2 is 2.21 bits per heavy atom. The molecule has 0 heterocycles. The maximum Gasteiger partial charge on any atom is 0.328 e. The first kappa shape index (κ1) is 15.1. The first-order valence-corrected chi connectivity index (χ1v) is 6.28. The van der Waals surface area contributed by atoms with Crippen LogP contribution in [0.15, 0.2) is 24.3 Å². The maximum atomic E-state index is 10.6. The number of hydrogen-bond donors (Lipinski definition) is 1. The topological polar surface area (TPSA) is 55.8 Å². The fraction of sp³-hybridized carbons (Fsp3) is 0.400. The molecule has 0 saturated heterocycles. The van der Waals surface area contributed by atoms with Gasteiger partial charge in [-0.25, -0.2) is 4.79 Å². The summed E-state index contributed by atoms with van der Waals surface area (Å²) in [5, 5.41) is 8.69. The molecule has 0 saturated carbocycles. The van der Waals surface area contributed by atoms with E-state index in [1.165, 1.54) is 6.08 Å². The van der Waals surface area contributed by atoms with E-state index in [9.17, 15) is 4.79 Å². The summed E-state index contributed by atoms with van der Waals surface area (Å²) in [5.41, 5.74) is 0.699. The van der Waals surface area contributed by atoms with Gasteiger partial charge in [0.25, 0.3) is 0 Å². The normalized spacial score (nSPS) is 12.4. The number of hydrogen-bond acceptors (Lipinski definition) is 3. The van der Waals surface area contributed by atoms with Gasteiger partial charge in [0.15, 0.2) is 0 Å². The maximum absolute atomic E-state index is 10.6. The van der Waals surface area contributed by atoms with E-state index in [1.807, 2.05) is 0 Å². The van der Waals surface area contributed by atoms with E-state index in [2.05, 4.69) is 13.8 Å². The molecule has 1 aromatic carbocycles. The van der Waals surface area contributed by atoms with Crippen LogP contribution in [-0.2, 0) is 4.79 Å². The van der Waals surface area contributed by atoms with E-state index in [0.717, 1.165) is 12.5 Å². The Kier molecular flexibility index (Phi) is 5.93. The highest BCUT2D eigenvalue weighted by molar-refractivity contribution is 5.86. The second kappa shape index (κ2) is 7.46. The van der Waals surface area contributed by atoms with Crippen molar-refractivity contribution < 1.29 is 19.4 Å². The molecule has 0 aromatic heterocycles. The van der Waals surface area contributed by atoms with Crippen molar-refractivity contribution in [2.24, 2.45) is 5.92 Å². The second-order valence-electron chi connectivity index (χ2n) is 4.40. The number of carboxylic acids is 1. The molecule has 104 valence electrons. The van der Waals surface area contributed by atoms with Crippen molar-refractivity contribution in [2.45, 2.75) is 20.3 Å². The molecule has 1 N–H and O–H groups in total. The lowest BCUT2D eigenvalue weighted by molar-refractivity contribution is -0.131. The smallest absolute Gasteiger partial charge is 0.328 e. The molecule has 0 aliphatic rings. The van der Waals surface area contributed by atoms with Crippen molar-refractivity contribution in [3.8, 4) is 11.5 Å². The monoisotopic (exact) mass is 264 g/mol. The molecule has 1 atom stereocenters. The minimum atomic E-state index is -0.990. The van der Waals surface area contributed by atoms with Gasteiger partial charge in [-0.3, -0.25) is 0 Å². The lowest BCUT2D eigenvalue weighted by atomic mass is 10.1. The van der Waals surface area contributed by atoms with Gasteiger partial charge in [-0.1, -0.05) is 20.3 Å². The zero-order valence-electron chi connectivity index (χ0n) is 11.6. The Balaban J connectivity index is 2.91. The van der Waals surface area contributed by atoms with Crippen LogP contribution in [0.5, 0.6) is 11.5 Å². The van der Waals surface area contributed by atoms with Crippen molar-refractivity contribution in [2.75, 3.05) is 13.7 Å². The van der Waals surface area contributed by atoms with Crippen LogP contribution in [0.1, 0.15) is 25.8 Å². The summed E-state index contributed by atoms with van der Waals surface area (Å²) in [6, 6.07) is 5.35. The summed E-state index contributed by atoms with van der Waals surface area (Å²) < 4.78 is 10.8. The summed E-state index contributed by atoms with van der Waals surface area (Å²) in [4.78, 5) is 10.6. The van der Waals surface area contributed by atoms with Gasteiger partial charge in [-0.15, -0.1) is 0 Å². The van der Waals surface area contributed by atoms with E-state index in [-0.39, 0.29) is 0 Å². The van der Waals surface area contributed by atoms with E-state index >= 15 is 0 Å². The molecule has 4 nitrogen and oxygen atoms in total. The summed E-state index contributed by atoms with van der Waals surface area (Å²) in [7, 11) is 1.57. The van der Waals surface area contributed by atoms with Gasteiger partial charge in [0.2, 0.25) is 0 Å². The van der Waals surface area contributed by atoms with Gasteiger partial charge in [0, 0.05) is 11.6 Å². The molecule has 0 bridgehead atoms. The first-order chi connectivity index (χ1) is 9.06. The summed E-state index contributed by atoms with van der Waals surface area (Å²) in [6.45, 7) is 4.82. The number of carbonyl (C=O) groups is 1. The number of aliphatic carboxylic acids is 1. The van der Waals surface area contributed by atoms with Crippen LogP contribution in [-0.4, -0.2) is 24.8 Å². The van der Waals surface area contributed by atoms with Crippen LogP contribution in [0.25, 0.3) is 6.08 Å². The standard InChI is InChI=1S/C15H20O4/c1-4-11(2)10-19-14-7-6-13(18-3)9-12(14)5-8-15(16)17/h5-9,11H,4,10H2,1-3H3,(H,16,17)/b8-5+. The Morgan fingerprint density at radius 3 is 2.79 bits per heavy atom. The minimum absolute atomic E-state index is 0.457. The van der Waals surface area contributed by atoms with Crippen molar-refractivity contribution in [1.82, 2.24) is 0 Å². The lowest BCUT2D eigenvalue weighted by Crippen LogP contribution is -2.08. The largest absolute Gasteiger partial charge is 0.497 e. The van der Waals surface area contributed by atoms with Crippen molar-refractivity contribution in [1.29, 1.82) is 0 Å². The SMILES string of the molecule is CCC(C)COc1ccc(OC)cc1/C=C/C(=O)O. The minimum Gasteiger partial charge on any atom is -0.497 e. The van der Waals surface area contributed by atoms with E-state index in [4.69, 9.17) is 14.6 Å². The van der Waals surface area contributed by atoms with Crippen LogP contribution in [0.2, 0.25) is 0 Å². The van der Waals surface area contributed by atoms with Gasteiger partial charge < -0.3 is 14.6 Å². The highest BCUT2D eigenvalue weighted by Crippen LogP contribution is 2.26. The lowest BCUT2D eigenvalue weighted by Gasteiger charge is -2.13. The number of carboxylic acid groups (broad SMARTS) is 1. The van der Waals surface area contributed by atoms with E-state index in [1.54, 1.807) is 25.3 Å². The van der Waals surface area contributed by atoms with Crippen LogP contribution in [0, 0.1) is 5.92 Å². The molecule has 0 aliphatic heterocycles. The van der Waals surface area contributed by atoms with Gasteiger partial charge in [-0.05, 0) is 30.2 Å². The predicted octanol–water partition coefficient (Wildman–Crippen LogP) is 3.22. The molecule has 0 amide bonds. The van der Waals surface area contributed by atoms with Gasteiger partial charge in [0.1, 0.15) is 11.5 Å². The van der Waals surface area contributed by atoms with Gasteiger partial charge in [-0.2, -0.15) is 0 Å². The van der Waals surface area contributed by atoms with Gasteiger partial charge in [0.05, 0.1) is 13.7 Å². The van der Waals surface area contributed by atoms with Crippen LogP contribution in [0.4, 0.5) is 0 Å². The van der Waals surface area contributed by atoms with Crippen LogP contribution < -0.4 is 9.47 Å². The quantitative estimate of drug-likeness (QED) is 0.768. The molecule has 0 spiro atoms. The molecule has 0 aliphatic carbocycles. The zero-order chi connectivity index (χ0) is 14.3. The fourth-order valence-corrected chi connectivity index (χ4v) is 1.43. The number of methoxy groups -OCH3 is 1. The third-order valence-electron chi connectivity index (χ3n) is 2.84. The molecule has 1 unspecified atom stereocenters.